The molecule has 0 bridgehead atoms. The Balaban J connectivity index is 1.48. The number of amides is 2. The average Bonchev–Trinajstić information content (AvgIpc) is 3.26. The van der Waals surface area contributed by atoms with Crippen LogP contribution < -0.4 is 25.3 Å². The maximum Gasteiger partial charge on any atom is 0.277 e. The highest BCUT2D eigenvalue weighted by Gasteiger charge is 2.20. The van der Waals surface area contributed by atoms with Crippen LogP contribution in [0.1, 0.15) is 10.4 Å². The second-order valence-electron chi connectivity index (χ2n) is 7.20. The molecule has 1 aliphatic rings. The predicted octanol–water partition coefficient (Wildman–Crippen LogP) is 1.13. The molecule has 0 atom stereocenters. The van der Waals surface area contributed by atoms with Gasteiger partial charge in [0.2, 0.25) is 11.9 Å². The first kappa shape index (κ1) is 22.6. The number of anilines is 3. The number of ether oxygens (including phenoxy) is 2. The predicted molar refractivity (Wildman–Crippen MR) is 122 cm³/mol. The average molecular weight is 474 g/mol. The van der Waals surface area contributed by atoms with Crippen molar-refractivity contribution in [1.82, 2.24) is 20.4 Å². The van der Waals surface area contributed by atoms with Gasteiger partial charge < -0.3 is 24.6 Å². The molecule has 0 spiro atoms. The molecule has 3 heterocycles. The van der Waals surface area contributed by atoms with Crippen molar-refractivity contribution >= 4 is 50.1 Å². The quantitative estimate of drug-likeness (QED) is 0.338. The zero-order valence-electron chi connectivity index (χ0n) is 18.1. The number of hydroxylamine groups is 1. The molecule has 3 N–H and O–H groups in total. The minimum absolute atomic E-state index is 0.0328. The van der Waals surface area contributed by atoms with Crippen molar-refractivity contribution in [3.05, 3.63) is 30.1 Å². The minimum atomic E-state index is -0.718. The van der Waals surface area contributed by atoms with Gasteiger partial charge in [0.25, 0.3) is 5.91 Å². The van der Waals surface area contributed by atoms with Crippen LogP contribution in [-0.4, -0.2) is 79.0 Å². The Morgan fingerprint density at radius 2 is 2.00 bits per heavy atom. The van der Waals surface area contributed by atoms with E-state index in [1.165, 1.54) is 34.1 Å². The number of hydrogen-bond acceptors (Lipinski definition) is 11. The minimum Gasteiger partial charge on any atom is -0.494 e. The fraction of sp³-hybridized carbons (Fsp3) is 0.350. The van der Waals surface area contributed by atoms with Crippen LogP contribution in [0.25, 0.3) is 10.2 Å². The van der Waals surface area contributed by atoms with E-state index in [9.17, 15) is 9.59 Å². The number of thiazole rings is 1. The van der Waals surface area contributed by atoms with E-state index in [4.69, 9.17) is 14.7 Å². The first-order valence-electron chi connectivity index (χ1n) is 10.1. The summed E-state index contributed by atoms with van der Waals surface area (Å²) in [4.78, 5) is 40.5. The molecule has 3 aromatic rings. The van der Waals surface area contributed by atoms with Gasteiger partial charge in [0.15, 0.2) is 5.13 Å². The van der Waals surface area contributed by atoms with Gasteiger partial charge in [-0.05, 0) is 12.1 Å². The largest absolute Gasteiger partial charge is 0.494 e. The number of nitrogens with zero attached hydrogens (tertiary/aromatic N) is 5. The smallest absolute Gasteiger partial charge is 0.277 e. The first-order chi connectivity index (χ1) is 16.0. The van der Waals surface area contributed by atoms with E-state index in [1.807, 2.05) is 12.1 Å². The van der Waals surface area contributed by atoms with Crippen LogP contribution in [0.3, 0.4) is 0 Å². The number of carbonyl (C=O) groups is 2. The highest BCUT2D eigenvalue weighted by Crippen LogP contribution is 2.39. The first-order valence-corrected chi connectivity index (χ1v) is 10.9. The van der Waals surface area contributed by atoms with E-state index < -0.39 is 5.91 Å². The van der Waals surface area contributed by atoms with E-state index in [-0.39, 0.29) is 24.0 Å². The summed E-state index contributed by atoms with van der Waals surface area (Å²) in [5.74, 6) is -0.134. The molecule has 0 unspecified atom stereocenters. The van der Waals surface area contributed by atoms with Crippen molar-refractivity contribution in [1.29, 1.82) is 0 Å². The molecule has 13 heteroatoms. The van der Waals surface area contributed by atoms with Gasteiger partial charge in [0, 0.05) is 32.5 Å². The molecule has 0 saturated carbocycles. The number of fused-ring (bicyclic) bond motifs is 1. The molecule has 4 rings (SSSR count). The van der Waals surface area contributed by atoms with Gasteiger partial charge in [-0.2, -0.15) is 0 Å². The van der Waals surface area contributed by atoms with Crippen LogP contribution in [0.2, 0.25) is 0 Å². The highest BCUT2D eigenvalue weighted by molar-refractivity contribution is 7.23. The number of methoxy groups -OCH3 is 1. The van der Waals surface area contributed by atoms with Crippen molar-refractivity contribution < 1.29 is 24.3 Å². The Hall–Kier alpha value is -3.55. The Morgan fingerprint density at radius 3 is 2.67 bits per heavy atom. The fourth-order valence-electron chi connectivity index (χ4n) is 3.39. The topological polar surface area (TPSA) is 142 Å². The molecular weight excluding hydrogens is 450 g/mol. The maximum atomic E-state index is 12.6. The molecule has 1 aromatic carbocycles. The lowest BCUT2D eigenvalue weighted by molar-refractivity contribution is -0.114. The van der Waals surface area contributed by atoms with Crippen LogP contribution in [0, 0.1) is 0 Å². The van der Waals surface area contributed by atoms with E-state index in [0.29, 0.717) is 29.6 Å². The van der Waals surface area contributed by atoms with Crippen LogP contribution in [0.4, 0.5) is 16.8 Å². The number of rotatable bonds is 7. The third-order valence-electron chi connectivity index (χ3n) is 5.03. The Kier molecular flexibility index (Phi) is 6.82. The van der Waals surface area contributed by atoms with Crippen molar-refractivity contribution in [2.24, 2.45) is 0 Å². The summed E-state index contributed by atoms with van der Waals surface area (Å²) in [5, 5.41) is 11.9. The van der Waals surface area contributed by atoms with E-state index >= 15 is 0 Å². The van der Waals surface area contributed by atoms with E-state index in [0.717, 1.165) is 23.5 Å². The summed E-state index contributed by atoms with van der Waals surface area (Å²) in [5.41, 5.74) is 3.33. The van der Waals surface area contributed by atoms with E-state index in [1.54, 1.807) is 14.2 Å². The van der Waals surface area contributed by atoms with Crippen molar-refractivity contribution in [3.8, 4) is 5.75 Å². The number of carbonyl (C=O) groups excluding carboxylic acids is 2. The fourth-order valence-corrected chi connectivity index (χ4v) is 4.43. The van der Waals surface area contributed by atoms with Gasteiger partial charge in [0.1, 0.15) is 11.3 Å². The van der Waals surface area contributed by atoms with Crippen LogP contribution in [-0.2, 0) is 9.53 Å². The van der Waals surface area contributed by atoms with Gasteiger partial charge in [-0.15, -0.1) is 0 Å². The zero-order valence-corrected chi connectivity index (χ0v) is 18.9. The summed E-state index contributed by atoms with van der Waals surface area (Å²) in [6.45, 7) is 2.86. The zero-order chi connectivity index (χ0) is 23.4. The number of morpholine rings is 1. The van der Waals surface area contributed by atoms with Gasteiger partial charge in [0.05, 0.1) is 42.8 Å². The Labute approximate surface area is 193 Å². The van der Waals surface area contributed by atoms with Crippen molar-refractivity contribution in [2.75, 3.05) is 62.1 Å². The summed E-state index contributed by atoms with van der Waals surface area (Å²) in [6, 6.07) is 3.88. The van der Waals surface area contributed by atoms with Crippen molar-refractivity contribution in [3.63, 3.8) is 0 Å². The second-order valence-corrected chi connectivity index (χ2v) is 8.20. The number of nitrogens with one attached hydrogen (secondary N) is 2. The molecule has 2 aromatic heterocycles. The lowest BCUT2D eigenvalue weighted by Gasteiger charge is -2.29. The molecule has 174 valence electrons. The van der Waals surface area contributed by atoms with Crippen LogP contribution in [0.15, 0.2) is 24.5 Å². The van der Waals surface area contributed by atoms with E-state index in [2.05, 4.69) is 25.2 Å². The second kappa shape index (κ2) is 9.94. The normalized spacial score (nSPS) is 13.6. The SMILES string of the molecule is COc1ccc(N2CCOCC2)c2sc(NC(=O)CN(C)c3ncc(C(=O)NO)cn3)nc12. The lowest BCUT2D eigenvalue weighted by Crippen LogP contribution is -2.36. The number of likely N-dealkylation sites (N-methyl/N-ethyl adjacent to an activating group) is 1. The summed E-state index contributed by atoms with van der Waals surface area (Å²) < 4.78 is 11.8. The molecular formula is C20H23N7O5S. The standard InChI is InChI=1S/C20H23N7O5S/c1-26(19-21-9-12(10-22-19)18(29)25-30)11-15(28)23-20-24-16-14(31-2)4-3-13(17(16)33-20)27-5-7-32-8-6-27/h3-4,9-10,30H,5-8,11H2,1-2H3,(H,25,29)(H,23,24,28). The Morgan fingerprint density at radius 1 is 1.27 bits per heavy atom. The summed E-state index contributed by atoms with van der Waals surface area (Å²) in [7, 11) is 3.24. The molecule has 2 amide bonds. The molecule has 0 radical (unpaired) electrons. The summed E-state index contributed by atoms with van der Waals surface area (Å²) in [6.07, 6.45) is 2.52. The molecule has 0 aliphatic carbocycles. The van der Waals surface area contributed by atoms with Crippen LogP contribution in [0.5, 0.6) is 5.75 Å². The number of hydrogen-bond donors (Lipinski definition) is 3. The van der Waals surface area contributed by atoms with Gasteiger partial charge in [-0.25, -0.2) is 20.4 Å². The van der Waals surface area contributed by atoms with Crippen LogP contribution >= 0.6 is 11.3 Å². The molecule has 1 aliphatic heterocycles. The molecule has 1 fully saturated rings. The molecule has 1 saturated heterocycles. The molecule has 12 nitrogen and oxygen atoms in total. The number of benzene rings is 1. The maximum absolute atomic E-state index is 12.6. The number of aromatic nitrogens is 3. The Bertz CT molecular complexity index is 1150. The van der Waals surface area contributed by atoms with Crippen molar-refractivity contribution in [2.45, 2.75) is 0 Å². The third-order valence-corrected chi connectivity index (χ3v) is 6.02. The van der Waals surface area contributed by atoms with Gasteiger partial charge in [-0.3, -0.25) is 14.8 Å². The lowest BCUT2D eigenvalue weighted by atomic mass is 10.2. The molecule has 33 heavy (non-hydrogen) atoms. The van der Waals surface area contributed by atoms with Gasteiger partial charge >= 0.3 is 0 Å². The summed E-state index contributed by atoms with van der Waals surface area (Å²) >= 11 is 1.38. The monoisotopic (exact) mass is 473 g/mol. The third kappa shape index (κ3) is 4.94. The highest BCUT2D eigenvalue weighted by atomic mass is 32.1. The van der Waals surface area contributed by atoms with Gasteiger partial charge in [-0.1, -0.05) is 11.3 Å².